The summed E-state index contributed by atoms with van der Waals surface area (Å²) in [5.41, 5.74) is 1.70. The highest BCUT2D eigenvalue weighted by molar-refractivity contribution is 6.04. The molecule has 0 radical (unpaired) electrons. The van der Waals surface area contributed by atoms with Crippen molar-refractivity contribution in [2.24, 2.45) is 0 Å². The average molecular weight is 433 g/mol. The number of rotatable bonds is 11. The Morgan fingerprint density at radius 2 is 1.28 bits per heavy atom. The first-order valence-corrected chi connectivity index (χ1v) is 10.8. The van der Waals surface area contributed by atoms with Crippen molar-refractivity contribution in [3.05, 3.63) is 90.0 Å². The number of carbonyl (C=O) groups excluding carboxylic acids is 2. The van der Waals surface area contributed by atoms with Crippen molar-refractivity contribution in [2.45, 2.75) is 19.8 Å². The van der Waals surface area contributed by atoms with Gasteiger partial charge in [-0.15, -0.1) is 0 Å². The standard InChI is InChI=1S/C26H28N2O4/c1-2-3-17-27-25(29)20-9-13-22(14-10-20)28-26(30)21-11-15-24(16-12-21)32-19-18-31-23-7-5-4-6-8-23/h4-16H,2-3,17-19H2,1H3,(H,27,29)(H,28,30). The van der Waals surface area contributed by atoms with Crippen LogP contribution in [0, 0.1) is 0 Å². The molecule has 166 valence electrons. The van der Waals surface area contributed by atoms with Crippen LogP contribution in [-0.4, -0.2) is 31.6 Å². The number of para-hydroxylation sites is 1. The molecule has 0 fully saturated rings. The number of anilines is 1. The summed E-state index contributed by atoms with van der Waals surface area (Å²) in [5.74, 6) is 1.12. The summed E-state index contributed by atoms with van der Waals surface area (Å²) in [4.78, 5) is 24.5. The van der Waals surface area contributed by atoms with Crippen molar-refractivity contribution in [1.29, 1.82) is 0 Å². The van der Waals surface area contributed by atoms with Crippen LogP contribution in [0.1, 0.15) is 40.5 Å². The van der Waals surface area contributed by atoms with Gasteiger partial charge >= 0.3 is 0 Å². The number of unbranched alkanes of at least 4 members (excludes halogenated alkanes) is 1. The molecule has 0 aliphatic heterocycles. The quantitative estimate of drug-likeness (QED) is 0.422. The molecule has 0 atom stereocenters. The molecule has 32 heavy (non-hydrogen) atoms. The van der Waals surface area contributed by atoms with Crippen molar-refractivity contribution in [1.82, 2.24) is 5.32 Å². The fourth-order valence-corrected chi connectivity index (χ4v) is 2.93. The van der Waals surface area contributed by atoms with Gasteiger partial charge in [-0.2, -0.15) is 0 Å². The van der Waals surface area contributed by atoms with Crippen LogP contribution in [0.4, 0.5) is 5.69 Å². The first kappa shape index (κ1) is 22.9. The highest BCUT2D eigenvalue weighted by atomic mass is 16.5. The molecule has 0 heterocycles. The zero-order chi connectivity index (χ0) is 22.6. The van der Waals surface area contributed by atoms with E-state index in [1.807, 2.05) is 30.3 Å². The second-order valence-corrected chi connectivity index (χ2v) is 7.18. The van der Waals surface area contributed by atoms with E-state index in [1.165, 1.54) is 0 Å². The predicted molar refractivity (Wildman–Crippen MR) is 126 cm³/mol. The molecule has 0 aliphatic carbocycles. The molecule has 2 amide bonds. The number of nitrogens with one attached hydrogen (secondary N) is 2. The lowest BCUT2D eigenvalue weighted by molar-refractivity contribution is 0.0952. The fraction of sp³-hybridized carbons (Fsp3) is 0.231. The average Bonchev–Trinajstić information content (AvgIpc) is 2.83. The van der Waals surface area contributed by atoms with E-state index in [2.05, 4.69) is 17.6 Å². The lowest BCUT2D eigenvalue weighted by atomic mass is 10.1. The van der Waals surface area contributed by atoms with Crippen LogP contribution in [0.25, 0.3) is 0 Å². The SMILES string of the molecule is CCCCNC(=O)c1ccc(NC(=O)c2ccc(OCCOc3ccccc3)cc2)cc1. The normalized spacial score (nSPS) is 10.3. The summed E-state index contributed by atoms with van der Waals surface area (Å²) in [6.07, 6.45) is 1.98. The molecule has 3 aromatic carbocycles. The third-order valence-electron chi connectivity index (χ3n) is 4.70. The van der Waals surface area contributed by atoms with E-state index in [9.17, 15) is 9.59 Å². The van der Waals surface area contributed by atoms with Gasteiger partial charge in [0.15, 0.2) is 0 Å². The van der Waals surface area contributed by atoms with Gasteiger partial charge in [-0.25, -0.2) is 0 Å². The van der Waals surface area contributed by atoms with Crippen LogP contribution in [-0.2, 0) is 0 Å². The monoisotopic (exact) mass is 432 g/mol. The Morgan fingerprint density at radius 1 is 0.719 bits per heavy atom. The lowest BCUT2D eigenvalue weighted by Crippen LogP contribution is -2.24. The summed E-state index contributed by atoms with van der Waals surface area (Å²) in [6, 6.07) is 23.3. The van der Waals surface area contributed by atoms with Crippen molar-refractivity contribution in [3.63, 3.8) is 0 Å². The first-order valence-electron chi connectivity index (χ1n) is 10.8. The van der Waals surface area contributed by atoms with Gasteiger partial charge in [0.05, 0.1) is 0 Å². The Bertz CT molecular complexity index is 987. The fourth-order valence-electron chi connectivity index (χ4n) is 2.93. The van der Waals surface area contributed by atoms with Gasteiger partial charge in [-0.3, -0.25) is 9.59 Å². The highest BCUT2D eigenvalue weighted by Crippen LogP contribution is 2.15. The minimum absolute atomic E-state index is 0.110. The Kier molecular flexibility index (Phi) is 8.69. The molecular formula is C26H28N2O4. The Labute approximate surface area is 188 Å². The zero-order valence-electron chi connectivity index (χ0n) is 18.2. The maximum absolute atomic E-state index is 12.5. The topological polar surface area (TPSA) is 76.7 Å². The molecule has 6 nitrogen and oxygen atoms in total. The maximum atomic E-state index is 12.5. The number of hydrogen-bond acceptors (Lipinski definition) is 4. The second kappa shape index (κ2) is 12.2. The summed E-state index contributed by atoms with van der Waals surface area (Å²) in [7, 11) is 0. The molecule has 0 spiro atoms. The summed E-state index contributed by atoms with van der Waals surface area (Å²) >= 11 is 0. The Balaban J connectivity index is 1.44. The molecule has 3 rings (SSSR count). The zero-order valence-corrected chi connectivity index (χ0v) is 18.2. The molecule has 3 aromatic rings. The van der Waals surface area contributed by atoms with Gasteiger partial charge < -0.3 is 20.1 Å². The van der Waals surface area contributed by atoms with E-state index < -0.39 is 0 Å². The molecule has 0 unspecified atom stereocenters. The van der Waals surface area contributed by atoms with E-state index in [-0.39, 0.29) is 11.8 Å². The second-order valence-electron chi connectivity index (χ2n) is 7.18. The molecule has 0 bridgehead atoms. The van der Waals surface area contributed by atoms with E-state index in [0.29, 0.717) is 42.3 Å². The molecule has 0 saturated carbocycles. The molecule has 0 saturated heterocycles. The van der Waals surface area contributed by atoms with E-state index in [4.69, 9.17) is 9.47 Å². The summed E-state index contributed by atoms with van der Waals surface area (Å²) in [6.45, 7) is 3.57. The largest absolute Gasteiger partial charge is 0.490 e. The molecule has 0 aromatic heterocycles. The molecule has 2 N–H and O–H groups in total. The number of hydrogen-bond donors (Lipinski definition) is 2. The van der Waals surface area contributed by atoms with Gasteiger partial charge in [0, 0.05) is 23.4 Å². The Morgan fingerprint density at radius 3 is 1.91 bits per heavy atom. The smallest absolute Gasteiger partial charge is 0.255 e. The van der Waals surface area contributed by atoms with Crippen LogP contribution < -0.4 is 20.1 Å². The van der Waals surface area contributed by atoms with Crippen molar-refractivity contribution in [3.8, 4) is 11.5 Å². The van der Waals surface area contributed by atoms with Crippen molar-refractivity contribution >= 4 is 17.5 Å². The summed E-state index contributed by atoms with van der Waals surface area (Å²) < 4.78 is 11.2. The Hall–Kier alpha value is -3.80. The lowest BCUT2D eigenvalue weighted by Gasteiger charge is -2.10. The minimum Gasteiger partial charge on any atom is -0.490 e. The van der Waals surface area contributed by atoms with Crippen molar-refractivity contribution < 1.29 is 19.1 Å². The highest BCUT2D eigenvalue weighted by Gasteiger charge is 2.08. The van der Waals surface area contributed by atoms with Crippen molar-refractivity contribution in [2.75, 3.05) is 25.1 Å². The third-order valence-corrected chi connectivity index (χ3v) is 4.70. The van der Waals surface area contributed by atoms with Gasteiger partial charge in [0.1, 0.15) is 24.7 Å². The molecule has 6 heteroatoms. The number of amides is 2. The number of ether oxygens (including phenoxy) is 2. The van der Waals surface area contributed by atoms with E-state index in [1.54, 1.807) is 48.5 Å². The molecular weight excluding hydrogens is 404 g/mol. The maximum Gasteiger partial charge on any atom is 0.255 e. The van der Waals surface area contributed by atoms with Gasteiger partial charge in [0.25, 0.3) is 11.8 Å². The van der Waals surface area contributed by atoms with Crippen LogP contribution in [0.3, 0.4) is 0 Å². The van der Waals surface area contributed by atoms with E-state index >= 15 is 0 Å². The van der Waals surface area contributed by atoms with Gasteiger partial charge in [-0.1, -0.05) is 31.5 Å². The number of carbonyl (C=O) groups is 2. The predicted octanol–water partition coefficient (Wildman–Crippen LogP) is 4.93. The van der Waals surface area contributed by atoms with Crippen LogP contribution >= 0.6 is 0 Å². The van der Waals surface area contributed by atoms with Crippen LogP contribution in [0.2, 0.25) is 0 Å². The minimum atomic E-state index is -0.232. The molecule has 0 aliphatic rings. The van der Waals surface area contributed by atoms with Crippen LogP contribution in [0.15, 0.2) is 78.9 Å². The van der Waals surface area contributed by atoms with Gasteiger partial charge in [0.2, 0.25) is 0 Å². The third kappa shape index (κ3) is 7.16. The van der Waals surface area contributed by atoms with E-state index in [0.717, 1.165) is 18.6 Å². The summed E-state index contributed by atoms with van der Waals surface area (Å²) in [5, 5.41) is 5.71. The number of benzene rings is 3. The first-order chi connectivity index (χ1) is 15.7. The van der Waals surface area contributed by atoms with Gasteiger partial charge in [-0.05, 0) is 67.1 Å². The van der Waals surface area contributed by atoms with Crippen LogP contribution in [0.5, 0.6) is 11.5 Å².